The van der Waals surface area contributed by atoms with Gasteiger partial charge in [-0.15, -0.1) is 0 Å². The molecule has 0 unspecified atom stereocenters. The van der Waals surface area contributed by atoms with Crippen LogP contribution in [0.15, 0.2) is 35.3 Å². The first kappa shape index (κ1) is 18.9. The fourth-order valence-electron chi connectivity index (χ4n) is 2.18. The van der Waals surface area contributed by atoms with Crippen LogP contribution in [-0.4, -0.2) is 37.6 Å². The molecule has 0 spiro atoms. The minimum Gasteiger partial charge on any atom is -0.357 e. The van der Waals surface area contributed by atoms with Crippen LogP contribution in [-0.2, 0) is 5.41 Å². The van der Waals surface area contributed by atoms with Crippen molar-refractivity contribution in [3.63, 3.8) is 0 Å². The second-order valence-corrected chi connectivity index (χ2v) is 7.06. The summed E-state index contributed by atoms with van der Waals surface area (Å²) in [5.74, 6) is 2.16. The molecule has 0 radical (unpaired) electrons. The van der Waals surface area contributed by atoms with E-state index >= 15 is 0 Å². The number of benzene rings is 1. The van der Waals surface area contributed by atoms with E-state index in [1.165, 1.54) is 24.2 Å². The molecule has 22 heavy (non-hydrogen) atoms. The molecule has 0 aliphatic heterocycles. The fourth-order valence-corrected chi connectivity index (χ4v) is 2.67. The third kappa shape index (κ3) is 7.21. The number of aliphatic imine (C=N–C) groups is 1. The maximum atomic E-state index is 4.77. The first-order chi connectivity index (χ1) is 10.6. The Morgan fingerprint density at radius 3 is 2.50 bits per heavy atom. The van der Waals surface area contributed by atoms with Crippen molar-refractivity contribution < 1.29 is 0 Å². The summed E-state index contributed by atoms with van der Waals surface area (Å²) in [6.07, 6.45) is 4.60. The number of thioether (sulfide) groups is 1. The van der Waals surface area contributed by atoms with E-state index in [-0.39, 0.29) is 5.41 Å². The highest BCUT2D eigenvalue weighted by atomic mass is 32.2. The Labute approximate surface area is 140 Å². The molecule has 4 heteroatoms. The smallest absolute Gasteiger partial charge is 0.191 e. The summed E-state index contributed by atoms with van der Waals surface area (Å²) in [6.45, 7) is 9.24. The van der Waals surface area contributed by atoms with Crippen molar-refractivity contribution in [1.82, 2.24) is 10.6 Å². The standard InChI is InChI=1S/C18H31N3S/c1-5-19-17(20-13-9-10-14-22-4)21-15-18(2,3)16-11-7-6-8-12-16/h6-8,11-12H,5,9-10,13-15H2,1-4H3,(H2,19,20,21). The Morgan fingerprint density at radius 2 is 1.86 bits per heavy atom. The van der Waals surface area contributed by atoms with Gasteiger partial charge in [-0.25, -0.2) is 0 Å². The Morgan fingerprint density at radius 1 is 1.14 bits per heavy atom. The number of rotatable bonds is 9. The largest absolute Gasteiger partial charge is 0.357 e. The lowest BCUT2D eigenvalue weighted by Crippen LogP contribution is -2.39. The fraction of sp³-hybridized carbons (Fsp3) is 0.611. The minimum atomic E-state index is 0.0441. The van der Waals surface area contributed by atoms with E-state index in [1.807, 2.05) is 11.8 Å². The van der Waals surface area contributed by atoms with E-state index in [9.17, 15) is 0 Å². The third-order valence-corrected chi connectivity index (χ3v) is 4.30. The van der Waals surface area contributed by atoms with Gasteiger partial charge < -0.3 is 10.6 Å². The van der Waals surface area contributed by atoms with Crippen molar-refractivity contribution in [2.75, 3.05) is 31.6 Å². The monoisotopic (exact) mass is 321 g/mol. The summed E-state index contributed by atoms with van der Waals surface area (Å²) < 4.78 is 0. The van der Waals surface area contributed by atoms with Gasteiger partial charge in [0.15, 0.2) is 5.96 Å². The third-order valence-electron chi connectivity index (χ3n) is 3.60. The van der Waals surface area contributed by atoms with Crippen LogP contribution in [0.25, 0.3) is 0 Å². The van der Waals surface area contributed by atoms with E-state index in [1.54, 1.807) is 0 Å². The van der Waals surface area contributed by atoms with Crippen molar-refractivity contribution in [2.24, 2.45) is 4.99 Å². The van der Waals surface area contributed by atoms with Crippen molar-refractivity contribution in [3.8, 4) is 0 Å². The van der Waals surface area contributed by atoms with Gasteiger partial charge in [0, 0.05) is 18.5 Å². The zero-order valence-electron chi connectivity index (χ0n) is 14.5. The molecule has 2 N–H and O–H groups in total. The summed E-state index contributed by atoms with van der Waals surface area (Å²) in [5.41, 5.74) is 1.37. The highest BCUT2D eigenvalue weighted by Crippen LogP contribution is 2.22. The second-order valence-electron chi connectivity index (χ2n) is 6.07. The molecule has 0 heterocycles. The molecule has 0 aromatic heterocycles. The lowest BCUT2D eigenvalue weighted by Gasteiger charge is -2.24. The Balaban J connectivity index is 2.53. The highest BCUT2D eigenvalue weighted by Gasteiger charge is 2.19. The molecule has 0 bridgehead atoms. The SMILES string of the molecule is CCNC(=NCC(C)(C)c1ccccc1)NCCCCSC. The molecule has 1 aromatic rings. The zero-order chi connectivity index (χ0) is 16.3. The van der Waals surface area contributed by atoms with Crippen molar-refractivity contribution >= 4 is 17.7 Å². The molecule has 0 aliphatic carbocycles. The lowest BCUT2D eigenvalue weighted by molar-refractivity contribution is 0.537. The van der Waals surface area contributed by atoms with E-state index < -0.39 is 0 Å². The normalized spacial score (nSPS) is 12.3. The topological polar surface area (TPSA) is 36.4 Å². The van der Waals surface area contributed by atoms with Gasteiger partial charge in [-0.2, -0.15) is 11.8 Å². The van der Waals surface area contributed by atoms with Crippen LogP contribution in [0.2, 0.25) is 0 Å². The second kappa shape index (κ2) is 10.5. The van der Waals surface area contributed by atoms with E-state index in [0.717, 1.165) is 25.6 Å². The van der Waals surface area contributed by atoms with Crippen LogP contribution < -0.4 is 10.6 Å². The quantitative estimate of drug-likeness (QED) is 0.414. The van der Waals surface area contributed by atoms with Gasteiger partial charge in [-0.05, 0) is 37.3 Å². The number of guanidine groups is 1. The predicted octanol–water partition coefficient (Wildman–Crippen LogP) is 3.66. The van der Waals surface area contributed by atoms with Crippen molar-refractivity contribution in [3.05, 3.63) is 35.9 Å². The highest BCUT2D eigenvalue weighted by molar-refractivity contribution is 7.98. The van der Waals surface area contributed by atoms with Gasteiger partial charge in [0.05, 0.1) is 6.54 Å². The van der Waals surface area contributed by atoms with Crippen molar-refractivity contribution in [1.29, 1.82) is 0 Å². The minimum absolute atomic E-state index is 0.0441. The number of nitrogens with one attached hydrogen (secondary N) is 2. The lowest BCUT2D eigenvalue weighted by atomic mass is 9.85. The number of hydrogen-bond acceptors (Lipinski definition) is 2. The Kier molecular flexibility index (Phi) is 9.05. The molecule has 0 saturated carbocycles. The molecule has 1 aromatic carbocycles. The molecule has 0 amide bonds. The average molecular weight is 322 g/mol. The molecular weight excluding hydrogens is 290 g/mol. The summed E-state index contributed by atoms with van der Waals surface area (Å²) in [4.78, 5) is 4.77. The molecule has 124 valence electrons. The molecule has 0 atom stereocenters. The van der Waals surface area contributed by atoms with Gasteiger partial charge >= 0.3 is 0 Å². The van der Waals surface area contributed by atoms with Gasteiger partial charge in [0.25, 0.3) is 0 Å². The summed E-state index contributed by atoms with van der Waals surface area (Å²) >= 11 is 1.91. The zero-order valence-corrected chi connectivity index (χ0v) is 15.3. The average Bonchev–Trinajstić information content (AvgIpc) is 2.53. The molecular formula is C18H31N3S. The van der Waals surface area contributed by atoms with Gasteiger partial charge in [-0.3, -0.25) is 4.99 Å². The van der Waals surface area contributed by atoms with Gasteiger partial charge in [-0.1, -0.05) is 44.2 Å². The van der Waals surface area contributed by atoms with Gasteiger partial charge in [0.1, 0.15) is 0 Å². The maximum absolute atomic E-state index is 4.77. The van der Waals surface area contributed by atoms with E-state index in [0.29, 0.717) is 0 Å². The summed E-state index contributed by atoms with van der Waals surface area (Å²) in [5, 5.41) is 6.76. The van der Waals surface area contributed by atoms with E-state index in [2.05, 4.69) is 68.0 Å². The first-order valence-electron chi connectivity index (χ1n) is 8.17. The molecule has 0 aliphatic rings. The van der Waals surface area contributed by atoms with E-state index in [4.69, 9.17) is 4.99 Å². The van der Waals surface area contributed by atoms with Crippen LogP contribution in [0.5, 0.6) is 0 Å². The molecule has 0 saturated heterocycles. The Hall–Kier alpha value is -1.16. The number of unbranched alkanes of at least 4 members (excludes halogenated alkanes) is 1. The summed E-state index contributed by atoms with van der Waals surface area (Å²) in [7, 11) is 0. The van der Waals surface area contributed by atoms with Crippen LogP contribution in [0, 0.1) is 0 Å². The number of hydrogen-bond donors (Lipinski definition) is 2. The number of nitrogens with zero attached hydrogens (tertiary/aromatic N) is 1. The molecule has 3 nitrogen and oxygen atoms in total. The first-order valence-corrected chi connectivity index (χ1v) is 9.56. The van der Waals surface area contributed by atoms with Crippen LogP contribution in [0.1, 0.15) is 39.2 Å². The molecule has 0 fully saturated rings. The van der Waals surface area contributed by atoms with Crippen LogP contribution >= 0.6 is 11.8 Å². The van der Waals surface area contributed by atoms with Crippen molar-refractivity contribution in [2.45, 2.75) is 39.0 Å². The Bertz CT molecular complexity index is 429. The molecule has 1 rings (SSSR count). The maximum Gasteiger partial charge on any atom is 0.191 e. The summed E-state index contributed by atoms with van der Waals surface area (Å²) in [6, 6.07) is 10.6. The van der Waals surface area contributed by atoms with Crippen LogP contribution in [0.4, 0.5) is 0 Å². The van der Waals surface area contributed by atoms with Gasteiger partial charge in [0.2, 0.25) is 0 Å². The predicted molar refractivity (Wildman–Crippen MR) is 101 cm³/mol. The van der Waals surface area contributed by atoms with Crippen LogP contribution in [0.3, 0.4) is 0 Å².